The summed E-state index contributed by atoms with van der Waals surface area (Å²) in [6.45, 7) is 5.94. The highest BCUT2D eigenvalue weighted by Crippen LogP contribution is 2.18. The molecule has 1 N–H and O–H groups in total. The number of para-hydroxylation sites is 2. The molecule has 2 heterocycles. The van der Waals surface area contributed by atoms with Gasteiger partial charge < -0.3 is 10.1 Å². The van der Waals surface area contributed by atoms with Crippen LogP contribution >= 0.6 is 0 Å². The maximum atomic E-state index is 12.9. The minimum atomic E-state index is -0.0308. The van der Waals surface area contributed by atoms with E-state index in [0.717, 1.165) is 55.7 Å². The number of carbonyl (C=O) groups is 1. The molecule has 0 bridgehead atoms. The van der Waals surface area contributed by atoms with Crippen LogP contribution in [0.15, 0.2) is 53.3 Å². The number of ether oxygens (including phenoxy) is 1. The average Bonchev–Trinajstić information content (AvgIpc) is 3.10. The number of hydrogen-bond donors (Lipinski definition) is 1. The van der Waals surface area contributed by atoms with Gasteiger partial charge in [-0.3, -0.25) is 18.8 Å². The predicted molar refractivity (Wildman–Crippen MR) is 131 cm³/mol. The van der Waals surface area contributed by atoms with Gasteiger partial charge in [0.15, 0.2) is 0 Å². The van der Waals surface area contributed by atoms with E-state index in [0.29, 0.717) is 19.5 Å². The van der Waals surface area contributed by atoms with E-state index in [-0.39, 0.29) is 17.6 Å². The molecule has 33 heavy (non-hydrogen) atoms. The third-order valence-corrected chi connectivity index (χ3v) is 6.43. The molecular formula is C26H34N4O3. The molecule has 1 aliphatic heterocycles. The Morgan fingerprint density at radius 3 is 2.39 bits per heavy atom. The Balaban J connectivity index is 1.28. The van der Waals surface area contributed by atoms with Crippen LogP contribution in [0.5, 0.6) is 5.75 Å². The van der Waals surface area contributed by atoms with Gasteiger partial charge in [-0.25, -0.2) is 4.79 Å². The van der Waals surface area contributed by atoms with Gasteiger partial charge in [-0.2, -0.15) is 0 Å². The molecule has 0 radical (unpaired) electrons. The van der Waals surface area contributed by atoms with Gasteiger partial charge in [0, 0.05) is 45.2 Å². The van der Waals surface area contributed by atoms with Crippen LogP contribution in [0.25, 0.3) is 11.0 Å². The average molecular weight is 451 g/mol. The SMILES string of the molecule is CCCn1c(=O)n(CCC(=O)NC2CCN(Cc3cccc(OC)c3)CC2)c2ccccc21. The number of nitrogens with zero attached hydrogens (tertiary/aromatic N) is 3. The maximum Gasteiger partial charge on any atom is 0.329 e. The molecule has 1 aliphatic rings. The number of nitrogens with one attached hydrogen (secondary N) is 1. The Bertz CT molecular complexity index is 1140. The highest BCUT2D eigenvalue weighted by Gasteiger charge is 2.21. The third kappa shape index (κ3) is 5.47. The van der Waals surface area contributed by atoms with Crippen LogP contribution in [0, 0.1) is 0 Å². The van der Waals surface area contributed by atoms with Crippen molar-refractivity contribution in [1.82, 2.24) is 19.4 Å². The Labute approximate surface area is 195 Å². The second kappa shape index (κ2) is 10.7. The van der Waals surface area contributed by atoms with Crippen LogP contribution in [0.1, 0.15) is 38.2 Å². The smallest absolute Gasteiger partial charge is 0.329 e. The molecule has 4 rings (SSSR count). The van der Waals surface area contributed by atoms with Crippen molar-refractivity contribution in [2.24, 2.45) is 0 Å². The number of hydrogen-bond acceptors (Lipinski definition) is 4. The summed E-state index contributed by atoms with van der Waals surface area (Å²) in [5.41, 5.74) is 3.05. The Kier molecular flexibility index (Phi) is 7.50. The summed E-state index contributed by atoms with van der Waals surface area (Å²) in [7, 11) is 1.69. The number of carbonyl (C=O) groups excluding carboxylic acids is 1. The van der Waals surface area contributed by atoms with Crippen molar-refractivity contribution in [3.05, 3.63) is 64.6 Å². The number of imidazole rings is 1. The molecule has 0 spiro atoms. The molecule has 176 valence electrons. The van der Waals surface area contributed by atoms with Gasteiger partial charge >= 0.3 is 5.69 Å². The molecule has 2 aromatic carbocycles. The molecule has 0 saturated carbocycles. The minimum Gasteiger partial charge on any atom is -0.497 e. The van der Waals surface area contributed by atoms with Crippen LogP contribution in [0.4, 0.5) is 0 Å². The first-order valence-corrected chi connectivity index (χ1v) is 11.9. The van der Waals surface area contributed by atoms with Gasteiger partial charge in [-0.05, 0) is 49.1 Å². The predicted octanol–water partition coefficient (Wildman–Crippen LogP) is 3.39. The lowest BCUT2D eigenvalue weighted by molar-refractivity contribution is -0.122. The first kappa shape index (κ1) is 23.1. The number of benzene rings is 2. The van der Waals surface area contributed by atoms with Crippen molar-refractivity contribution >= 4 is 16.9 Å². The number of amides is 1. The molecule has 0 unspecified atom stereocenters. The Hall–Kier alpha value is -3.06. The first-order chi connectivity index (χ1) is 16.1. The fourth-order valence-electron chi connectivity index (χ4n) is 4.71. The molecule has 1 saturated heterocycles. The summed E-state index contributed by atoms with van der Waals surface area (Å²) in [4.78, 5) is 28.0. The number of piperidine rings is 1. The van der Waals surface area contributed by atoms with Crippen LogP contribution in [-0.2, 0) is 24.4 Å². The van der Waals surface area contributed by atoms with Crippen molar-refractivity contribution in [3.63, 3.8) is 0 Å². The summed E-state index contributed by atoms with van der Waals surface area (Å²) in [5.74, 6) is 0.895. The van der Waals surface area contributed by atoms with E-state index in [1.807, 2.05) is 41.0 Å². The highest BCUT2D eigenvalue weighted by atomic mass is 16.5. The molecule has 1 aromatic heterocycles. The maximum absolute atomic E-state index is 12.9. The quantitative estimate of drug-likeness (QED) is 0.543. The molecule has 1 amide bonds. The summed E-state index contributed by atoms with van der Waals surface area (Å²) in [6, 6.07) is 16.2. The van der Waals surface area contributed by atoms with E-state index in [4.69, 9.17) is 4.74 Å². The number of methoxy groups -OCH3 is 1. The molecule has 0 aliphatic carbocycles. The Morgan fingerprint density at radius 1 is 1.03 bits per heavy atom. The topological polar surface area (TPSA) is 68.5 Å². The molecule has 0 atom stereocenters. The Morgan fingerprint density at radius 2 is 1.73 bits per heavy atom. The van der Waals surface area contributed by atoms with E-state index >= 15 is 0 Å². The fourth-order valence-corrected chi connectivity index (χ4v) is 4.71. The van der Waals surface area contributed by atoms with Crippen molar-refractivity contribution in [1.29, 1.82) is 0 Å². The van der Waals surface area contributed by atoms with E-state index in [1.54, 1.807) is 11.7 Å². The normalized spacial score (nSPS) is 15.1. The molecule has 1 fully saturated rings. The second-order valence-corrected chi connectivity index (χ2v) is 8.79. The molecular weight excluding hydrogens is 416 g/mol. The summed E-state index contributed by atoms with van der Waals surface area (Å²) in [5, 5.41) is 3.18. The summed E-state index contributed by atoms with van der Waals surface area (Å²) in [6.07, 6.45) is 3.08. The van der Waals surface area contributed by atoms with E-state index in [1.165, 1.54) is 5.56 Å². The molecule has 3 aromatic rings. The lowest BCUT2D eigenvalue weighted by Crippen LogP contribution is -2.44. The largest absolute Gasteiger partial charge is 0.497 e. The number of aromatic nitrogens is 2. The number of aryl methyl sites for hydroxylation is 2. The zero-order valence-electron chi connectivity index (χ0n) is 19.6. The number of rotatable bonds is 9. The molecule has 7 heteroatoms. The van der Waals surface area contributed by atoms with Crippen LogP contribution in [0.3, 0.4) is 0 Å². The van der Waals surface area contributed by atoms with Gasteiger partial charge in [0.2, 0.25) is 5.91 Å². The van der Waals surface area contributed by atoms with Gasteiger partial charge in [-0.1, -0.05) is 31.2 Å². The first-order valence-electron chi connectivity index (χ1n) is 11.9. The van der Waals surface area contributed by atoms with Crippen LogP contribution < -0.4 is 15.7 Å². The fraction of sp³-hybridized carbons (Fsp3) is 0.462. The standard InChI is InChI=1S/C26H34N4O3/c1-3-14-29-23-9-4-5-10-24(23)30(26(29)32)17-13-25(31)27-21-11-15-28(16-12-21)19-20-7-6-8-22(18-20)33-2/h4-10,18,21H,3,11-17,19H2,1-2H3,(H,27,31). The zero-order chi connectivity index (χ0) is 23.2. The van der Waals surface area contributed by atoms with E-state index < -0.39 is 0 Å². The van der Waals surface area contributed by atoms with Crippen molar-refractivity contribution < 1.29 is 9.53 Å². The lowest BCUT2D eigenvalue weighted by atomic mass is 10.0. The highest BCUT2D eigenvalue weighted by molar-refractivity contribution is 5.78. The summed E-state index contributed by atoms with van der Waals surface area (Å²) < 4.78 is 8.86. The monoisotopic (exact) mass is 450 g/mol. The minimum absolute atomic E-state index is 0.0143. The van der Waals surface area contributed by atoms with Crippen molar-refractivity contribution in [3.8, 4) is 5.75 Å². The van der Waals surface area contributed by atoms with Crippen LogP contribution in [0.2, 0.25) is 0 Å². The van der Waals surface area contributed by atoms with Gasteiger partial charge in [-0.15, -0.1) is 0 Å². The van der Waals surface area contributed by atoms with Gasteiger partial charge in [0.25, 0.3) is 0 Å². The third-order valence-electron chi connectivity index (χ3n) is 6.43. The van der Waals surface area contributed by atoms with Gasteiger partial charge in [0.05, 0.1) is 18.1 Å². The van der Waals surface area contributed by atoms with Crippen molar-refractivity contribution in [2.45, 2.75) is 58.3 Å². The van der Waals surface area contributed by atoms with Crippen LogP contribution in [-0.4, -0.2) is 46.2 Å². The number of fused-ring (bicyclic) bond motifs is 1. The zero-order valence-corrected chi connectivity index (χ0v) is 19.6. The summed E-state index contributed by atoms with van der Waals surface area (Å²) >= 11 is 0. The van der Waals surface area contributed by atoms with Crippen molar-refractivity contribution in [2.75, 3.05) is 20.2 Å². The number of likely N-dealkylation sites (tertiary alicyclic amines) is 1. The van der Waals surface area contributed by atoms with E-state index in [9.17, 15) is 9.59 Å². The van der Waals surface area contributed by atoms with Gasteiger partial charge in [0.1, 0.15) is 5.75 Å². The van der Waals surface area contributed by atoms with E-state index in [2.05, 4.69) is 29.3 Å². The molecule has 7 nitrogen and oxygen atoms in total. The lowest BCUT2D eigenvalue weighted by Gasteiger charge is -2.32. The second-order valence-electron chi connectivity index (χ2n) is 8.79.